The van der Waals surface area contributed by atoms with Gasteiger partial charge in [-0.1, -0.05) is 18.2 Å². The van der Waals surface area contributed by atoms with Gasteiger partial charge in [-0.2, -0.15) is 0 Å². The van der Waals surface area contributed by atoms with Gasteiger partial charge in [-0.3, -0.25) is 9.59 Å². The van der Waals surface area contributed by atoms with Crippen molar-refractivity contribution in [2.45, 2.75) is 17.7 Å². The molecule has 1 aromatic carbocycles. The van der Waals surface area contributed by atoms with Crippen molar-refractivity contribution in [2.24, 2.45) is 5.92 Å². The highest BCUT2D eigenvalue weighted by molar-refractivity contribution is 7.99. The fraction of sp³-hybridized carbons (Fsp3) is 0.294. The Kier molecular flexibility index (Phi) is 3.97. The summed E-state index contributed by atoms with van der Waals surface area (Å²) in [7, 11) is 1.60. The molecule has 0 saturated carbocycles. The average Bonchev–Trinajstić information content (AvgIpc) is 2.55. The molecule has 108 valence electrons. The van der Waals surface area contributed by atoms with E-state index in [0.717, 1.165) is 29.1 Å². The van der Waals surface area contributed by atoms with Crippen LogP contribution in [0.2, 0.25) is 0 Å². The van der Waals surface area contributed by atoms with Crippen molar-refractivity contribution in [2.75, 3.05) is 12.9 Å². The lowest BCUT2D eigenvalue weighted by Gasteiger charge is -2.23. The number of ether oxygens (including phenoxy) is 1. The van der Waals surface area contributed by atoms with Crippen molar-refractivity contribution in [1.29, 1.82) is 0 Å². The molecule has 3 rings (SSSR count). The van der Waals surface area contributed by atoms with Crippen LogP contribution in [0.25, 0.3) is 0 Å². The summed E-state index contributed by atoms with van der Waals surface area (Å²) in [5, 5.41) is 0. The van der Waals surface area contributed by atoms with Gasteiger partial charge in [0, 0.05) is 16.2 Å². The maximum absolute atomic E-state index is 12.6. The molecule has 0 saturated heterocycles. The molecule has 0 amide bonds. The first kappa shape index (κ1) is 14.1. The lowest BCUT2D eigenvalue weighted by atomic mass is 9.88. The fourth-order valence-corrected chi connectivity index (χ4v) is 3.79. The molecule has 0 bridgehead atoms. The molecule has 3 nitrogen and oxygen atoms in total. The molecule has 4 heteroatoms. The summed E-state index contributed by atoms with van der Waals surface area (Å²) >= 11 is 1.56. The van der Waals surface area contributed by atoms with E-state index >= 15 is 0 Å². The maximum atomic E-state index is 12.6. The second kappa shape index (κ2) is 5.90. The highest BCUT2D eigenvalue weighted by Crippen LogP contribution is 2.36. The SMILES string of the molecule is COc1ccc2c(c1)SCC(C(=O)C1=CC=CCC1)C2=O. The highest BCUT2D eigenvalue weighted by atomic mass is 32.2. The summed E-state index contributed by atoms with van der Waals surface area (Å²) in [4.78, 5) is 26.0. The molecule has 1 aromatic rings. The fourth-order valence-electron chi connectivity index (χ4n) is 2.62. The number of fused-ring (bicyclic) bond motifs is 1. The Morgan fingerprint density at radius 1 is 1.38 bits per heavy atom. The van der Waals surface area contributed by atoms with Gasteiger partial charge >= 0.3 is 0 Å². The van der Waals surface area contributed by atoms with Crippen molar-refractivity contribution in [1.82, 2.24) is 0 Å². The molecule has 0 radical (unpaired) electrons. The van der Waals surface area contributed by atoms with Crippen LogP contribution in [0.4, 0.5) is 0 Å². The number of Topliss-reactive ketones (excluding diaryl/α,β-unsaturated/α-hetero) is 2. The minimum absolute atomic E-state index is 0.0154. The molecular formula is C17H16O3S. The van der Waals surface area contributed by atoms with E-state index in [1.54, 1.807) is 31.0 Å². The predicted molar refractivity (Wildman–Crippen MR) is 83.0 cm³/mol. The Balaban J connectivity index is 1.87. The standard InChI is InChI=1S/C17H16O3S/c1-20-12-7-8-13-15(9-12)21-10-14(17(13)19)16(18)11-5-3-2-4-6-11/h2-3,5,7-9,14H,4,6,10H2,1H3. The highest BCUT2D eigenvalue weighted by Gasteiger charge is 2.34. The number of rotatable bonds is 3. The maximum Gasteiger partial charge on any atom is 0.175 e. The summed E-state index contributed by atoms with van der Waals surface area (Å²) in [6, 6.07) is 5.39. The van der Waals surface area contributed by atoms with E-state index < -0.39 is 5.92 Å². The number of carbonyl (C=O) groups is 2. The van der Waals surface area contributed by atoms with Gasteiger partial charge < -0.3 is 4.74 Å². The van der Waals surface area contributed by atoms with Crippen LogP contribution in [-0.4, -0.2) is 24.4 Å². The van der Waals surface area contributed by atoms with E-state index in [9.17, 15) is 9.59 Å². The van der Waals surface area contributed by atoms with Crippen LogP contribution in [0.3, 0.4) is 0 Å². The summed E-state index contributed by atoms with van der Waals surface area (Å²) in [5.41, 5.74) is 1.41. The van der Waals surface area contributed by atoms with E-state index in [1.807, 2.05) is 24.3 Å². The van der Waals surface area contributed by atoms with Crippen LogP contribution in [0.1, 0.15) is 23.2 Å². The Hall–Kier alpha value is -1.81. The largest absolute Gasteiger partial charge is 0.497 e. The number of allylic oxidation sites excluding steroid dienone is 4. The smallest absolute Gasteiger partial charge is 0.175 e. The van der Waals surface area contributed by atoms with Gasteiger partial charge in [-0.05, 0) is 36.6 Å². The molecule has 1 heterocycles. The van der Waals surface area contributed by atoms with Crippen LogP contribution in [0.5, 0.6) is 5.75 Å². The predicted octanol–water partition coefficient (Wildman–Crippen LogP) is 3.45. The molecule has 0 N–H and O–H groups in total. The number of ketones is 2. The zero-order chi connectivity index (χ0) is 14.8. The summed E-state index contributed by atoms with van der Waals surface area (Å²) in [6.45, 7) is 0. The minimum atomic E-state index is -0.548. The zero-order valence-corrected chi connectivity index (χ0v) is 12.6. The van der Waals surface area contributed by atoms with Gasteiger partial charge in [-0.25, -0.2) is 0 Å². The number of hydrogen-bond acceptors (Lipinski definition) is 4. The van der Waals surface area contributed by atoms with Crippen molar-refractivity contribution < 1.29 is 14.3 Å². The first-order valence-corrected chi connectivity index (χ1v) is 7.94. The lowest BCUT2D eigenvalue weighted by molar-refractivity contribution is -0.117. The van der Waals surface area contributed by atoms with E-state index in [1.165, 1.54) is 0 Å². The summed E-state index contributed by atoms with van der Waals surface area (Å²) < 4.78 is 5.18. The molecular weight excluding hydrogens is 284 g/mol. The lowest BCUT2D eigenvalue weighted by Crippen LogP contribution is -2.31. The van der Waals surface area contributed by atoms with Crippen molar-refractivity contribution >= 4 is 23.3 Å². The second-order valence-electron chi connectivity index (χ2n) is 5.11. The molecule has 0 fully saturated rings. The van der Waals surface area contributed by atoms with Crippen LogP contribution in [0.15, 0.2) is 46.9 Å². The third kappa shape index (κ3) is 2.68. The molecule has 0 aromatic heterocycles. The Morgan fingerprint density at radius 2 is 2.24 bits per heavy atom. The van der Waals surface area contributed by atoms with Gasteiger partial charge in [0.05, 0.1) is 13.0 Å². The first-order chi connectivity index (χ1) is 10.2. The molecule has 21 heavy (non-hydrogen) atoms. The Labute approximate surface area is 128 Å². The number of thioether (sulfide) groups is 1. The van der Waals surface area contributed by atoms with Crippen LogP contribution in [-0.2, 0) is 4.79 Å². The molecule has 1 aliphatic carbocycles. The van der Waals surface area contributed by atoms with E-state index in [2.05, 4.69) is 0 Å². The molecule has 0 spiro atoms. The Bertz CT molecular complexity index is 658. The first-order valence-electron chi connectivity index (χ1n) is 6.95. The van der Waals surface area contributed by atoms with E-state index in [-0.39, 0.29) is 11.6 Å². The van der Waals surface area contributed by atoms with Crippen LogP contribution in [0, 0.1) is 5.92 Å². The number of benzene rings is 1. The quantitative estimate of drug-likeness (QED) is 0.802. The van der Waals surface area contributed by atoms with Crippen molar-refractivity contribution in [3.63, 3.8) is 0 Å². The van der Waals surface area contributed by atoms with Crippen LogP contribution >= 0.6 is 11.8 Å². The molecule has 1 unspecified atom stereocenters. The van der Waals surface area contributed by atoms with Gasteiger partial charge in [0.2, 0.25) is 0 Å². The summed E-state index contributed by atoms with van der Waals surface area (Å²) in [6.07, 6.45) is 7.39. The Morgan fingerprint density at radius 3 is 2.95 bits per heavy atom. The van der Waals surface area contributed by atoms with E-state index in [4.69, 9.17) is 4.74 Å². The monoisotopic (exact) mass is 300 g/mol. The van der Waals surface area contributed by atoms with Crippen molar-refractivity contribution in [3.8, 4) is 5.75 Å². The third-order valence-electron chi connectivity index (χ3n) is 3.82. The topological polar surface area (TPSA) is 43.4 Å². The van der Waals surface area contributed by atoms with Gasteiger partial charge in [0.1, 0.15) is 5.75 Å². The number of carbonyl (C=O) groups excluding carboxylic acids is 2. The van der Waals surface area contributed by atoms with E-state index in [0.29, 0.717) is 11.3 Å². The number of hydrogen-bond donors (Lipinski definition) is 0. The second-order valence-corrected chi connectivity index (χ2v) is 6.17. The average molecular weight is 300 g/mol. The van der Waals surface area contributed by atoms with Crippen LogP contribution < -0.4 is 4.74 Å². The molecule has 2 aliphatic rings. The molecule has 1 aliphatic heterocycles. The molecule has 1 atom stereocenters. The van der Waals surface area contributed by atoms with Crippen molar-refractivity contribution in [3.05, 3.63) is 47.6 Å². The van der Waals surface area contributed by atoms with Gasteiger partial charge in [0.25, 0.3) is 0 Å². The zero-order valence-electron chi connectivity index (χ0n) is 11.8. The summed E-state index contributed by atoms with van der Waals surface area (Å²) in [5.74, 6) is 0.622. The third-order valence-corrected chi connectivity index (χ3v) is 4.97. The minimum Gasteiger partial charge on any atom is -0.497 e. The van der Waals surface area contributed by atoms with Gasteiger partial charge in [-0.15, -0.1) is 11.8 Å². The normalized spacial score (nSPS) is 20.7. The number of methoxy groups -OCH3 is 1. The van der Waals surface area contributed by atoms with Gasteiger partial charge in [0.15, 0.2) is 11.6 Å².